The molecule has 37 heavy (non-hydrogen) atoms. The molecule has 4 aromatic rings. The Balaban J connectivity index is 1.33. The zero-order chi connectivity index (χ0) is 25.2. The molecule has 0 aliphatic carbocycles. The molecule has 2 aliphatic rings. The van der Waals surface area contributed by atoms with Crippen LogP contribution in [0.3, 0.4) is 0 Å². The van der Waals surface area contributed by atoms with Crippen molar-refractivity contribution in [2.45, 2.75) is 6.17 Å². The number of benzene rings is 3. The number of morpholine rings is 1. The number of nitrogens with one attached hydrogen (secondary N) is 2. The molecule has 2 aliphatic heterocycles. The zero-order valence-electron chi connectivity index (χ0n) is 19.7. The fraction of sp³-hybridized carbons (Fsp3) is 0.185. The Labute approximate surface area is 212 Å². The van der Waals surface area contributed by atoms with Crippen LogP contribution in [0.2, 0.25) is 0 Å². The highest BCUT2D eigenvalue weighted by molar-refractivity contribution is 6.19. The van der Waals surface area contributed by atoms with Crippen LogP contribution in [0.25, 0.3) is 11.5 Å². The second-order valence-corrected chi connectivity index (χ2v) is 8.57. The lowest BCUT2D eigenvalue weighted by molar-refractivity contribution is -0.116. The monoisotopic (exact) mass is 498 g/mol. The van der Waals surface area contributed by atoms with Crippen molar-refractivity contribution in [3.05, 3.63) is 89.7 Å². The number of halogens is 1. The second kappa shape index (κ2) is 9.82. The number of para-hydroxylation sites is 2. The third-order valence-corrected chi connectivity index (χ3v) is 6.24. The van der Waals surface area contributed by atoms with Crippen LogP contribution in [0, 0.1) is 5.82 Å². The lowest BCUT2D eigenvalue weighted by Crippen LogP contribution is -2.36. The molecule has 1 atom stereocenters. The number of hydrogen-bond donors (Lipinski definition) is 2. The van der Waals surface area contributed by atoms with Crippen LogP contribution in [0.15, 0.2) is 82.2 Å². The van der Waals surface area contributed by atoms with Crippen molar-refractivity contribution < 1.29 is 18.3 Å². The predicted molar refractivity (Wildman–Crippen MR) is 137 cm³/mol. The Kier molecular flexibility index (Phi) is 6.07. The maximum atomic E-state index is 14.7. The van der Waals surface area contributed by atoms with Gasteiger partial charge in [-0.1, -0.05) is 59.7 Å². The summed E-state index contributed by atoms with van der Waals surface area (Å²) >= 11 is 0. The number of hydrogen-bond acceptors (Lipinski definition) is 8. The van der Waals surface area contributed by atoms with Gasteiger partial charge in [-0.2, -0.15) is 0 Å². The molecule has 186 valence electrons. The summed E-state index contributed by atoms with van der Waals surface area (Å²) in [5.74, 6) is -0.791. The van der Waals surface area contributed by atoms with Gasteiger partial charge in [0.1, 0.15) is 5.82 Å². The second-order valence-electron chi connectivity index (χ2n) is 8.57. The number of aromatic nitrogens is 2. The number of amides is 1. The topological polar surface area (TPSA) is 105 Å². The Morgan fingerprint density at radius 1 is 0.919 bits per heavy atom. The van der Waals surface area contributed by atoms with E-state index < -0.39 is 17.9 Å². The van der Waals surface area contributed by atoms with Crippen LogP contribution in [-0.4, -0.2) is 54.3 Å². The van der Waals surface area contributed by atoms with Gasteiger partial charge < -0.3 is 24.7 Å². The molecule has 1 saturated heterocycles. The van der Waals surface area contributed by atoms with Gasteiger partial charge in [-0.05, 0) is 18.2 Å². The summed E-state index contributed by atoms with van der Waals surface area (Å²) in [4.78, 5) is 20.0. The molecule has 1 unspecified atom stereocenters. The van der Waals surface area contributed by atoms with Crippen LogP contribution in [0.4, 0.5) is 21.8 Å². The molecule has 0 bridgehead atoms. The van der Waals surface area contributed by atoms with E-state index in [9.17, 15) is 9.18 Å². The minimum Gasteiger partial charge on any atom is -0.403 e. The molecule has 1 amide bonds. The maximum absolute atomic E-state index is 14.7. The van der Waals surface area contributed by atoms with Gasteiger partial charge in [-0.3, -0.25) is 4.79 Å². The van der Waals surface area contributed by atoms with Crippen LogP contribution in [0.1, 0.15) is 11.1 Å². The first-order valence-corrected chi connectivity index (χ1v) is 11.9. The van der Waals surface area contributed by atoms with E-state index in [-0.39, 0.29) is 11.7 Å². The molecule has 0 saturated carbocycles. The van der Waals surface area contributed by atoms with E-state index in [1.165, 1.54) is 6.07 Å². The zero-order valence-corrected chi connectivity index (χ0v) is 19.7. The SMILES string of the molecule is O=C1Nc2c(F)cccc2C(c2ccccc2)=NC1Nc1nnc(-c2ccccc2N2CCOCC2)o1. The molecule has 10 heteroatoms. The van der Waals surface area contributed by atoms with Crippen LogP contribution in [0.5, 0.6) is 0 Å². The number of aliphatic imine (C=N–C) groups is 1. The third kappa shape index (κ3) is 4.54. The molecule has 3 heterocycles. The first-order valence-electron chi connectivity index (χ1n) is 11.9. The Morgan fingerprint density at radius 3 is 2.51 bits per heavy atom. The first kappa shape index (κ1) is 22.9. The van der Waals surface area contributed by atoms with E-state index in [1.807, 2.05) is 54.6 Å². The Hall–Kier alpha value is -4.57. The number of carbonyl (C=O) groups excluding carboxylic acids is 1. The van der Waals surface area contributed by atoms with Crippen molar-refractivity contribution in [2.75, 3.05) is 41.8 Å². The molecular formula is C27H23FN6O3. The normalized spacial score (nSPS) is 17.4. The van der Waals surface area contributed by atoms with Crippen LogP contribution < -0.4 is 15.5 Å². The highest BCUT2D eigenvalue weighted by Gasteiger charge is 2.29. The molecule has 0 spiro atoms. The van der Waals surface area contributed by atoms with Crippen molar-refractivity contribution >= 4 is 29.0 Å². The van der Waals surface area contributed by atoms with Gasteiger partial charge in [0.2, 0.25) is 6.17 Å². The minimum absolute atomic E-state index is 0.0227. The molecule has 9 nitrogen and oxygen atoms in total. The van der Waals surface area contributed by atoms with Crippen molar-refractivity contribution in [1.82, 2.24) is 10.2 Å². The fourth-order valence-corrected chi connectivity index (χ4v) is 4.46. The van der Waals surface area contributed by atoms with Gasteiger partial charge in [0.25, 0.3) is 11.8 Å². The number of nitrogens with zero attached hydrogens (tertiary/aromatic N) is 4. The third-order valence-electron chi connectivity index (χ3n) is 6.24. The molecule has 6 rings (SSSR count). The van der Waals surface area contributed by atoms with E-state index in [4.69, 9.17) is 9.15 Å². The van der Waals surface area contributed by atoms with Gasteiger partial charge in [0, 0.05) is 29.9 Å². The van der Waals surface area contributed by atoms with Crippen LogP contribution in [-0.2, 0) is 9.53 Å². The van der Waals surface area contributed by atoms with Gasteiger partial charge in [0.05, 0.1) is 30.2 Å². The molecule has 1 aromatic heterocycles. The van der Waals surface area contributed by atoms with Crippen molar-refractivity contribution in [3.63, 3.8) is 0 Å². The number of ether oxygens (including phenoxy) is 1. The predicted octanol–water partition coefficient (Wildman–Crippen LogP) is 3.94. The molecule has 2 N–H and O–H groups in total. The van der Waals surface area contributed by atoms with Gasteiger partial charge in [0.15, 0.2) is 0 Å². The van der Waals surface area contributed by atoms with Gasteiger partial charge in [-0.15, -0.1) is 5.10 Å². The van der Waals surface area contributed by atoms with E-state index >= 15 is 0 Å². The first-order chi connectivity index (χ1) is 18.2. The summed E-state index contributed by atoms with van der Waals surface area (Å²) in [6.07, 6.45) is -1.13. The minimum atomic E-state index is -1.13. The largest absolute Gasteiger partial charge is 0.403 e. The highest BCUT2D eigenvalue weighted by Crippen LogP contribution is 2.32. The summed E-state index contributed by atoms with van der Waals surface area (Å²) in [6, 6.07) is 21.7. The summed E-state index contributed by atoms with van der Waals surface area (Å²) in [5, 5.41) is 13.9. The lowest BCUT2D eigenvalue weighted by atomic mass is 10.0. The number of benzodiazepines with no additional fused rings is 1. The van der Waals surface area contributed by atoms with Gasteiger partial charge >= 0.3 is 6.01 Å². The van der Waals surface area contributed by atoms with E-state index in [0.29, 0.717) is 30.4 Å². The number of fused-ring (bicyclic) bond motifs is 1. The molecule has 1 fully saturated rings. The quantitative estimate of drug-likeness (QED) is 0.429. The van der Waals surface area contributed by atoms with Crippen molar-refractivity contribution in [3.8, 4) is 11.5 Å². The number of anilines is 3. The Morgan fingerprint density at radius 2 is 1.68 bits per heavy atom. The summed E-state index contributed by atoms with van der Waals surface area (Å²) in [7, 11) is 0. The Bertz CT molecular complexity index is 1470. The van der Waals surface area contributed by atoms with Gasteiger partial charge in [-0.25, -0.2) is 9.38 Å². The standard InChI is InChI=1S/C27H23FN6O3/c28-20-11-6-10-19-22(17-7-2-1-3-8-17)29-24(25(35)30-23(19)20)31-27-33-32-26(37-27)18-9-4-5-12-21(18)34-13-15-36-16-14-34/h1-12,24H,13-16H2,(H,30,35)(H,31,33). The highest BCUT2D eigenvalue weighted by atomic mass is 19.1. The summed E-state index contributed by atoms with van der Waals surface area (Å²) < 4.78 is 26.1. The maximum Gasteiger partial charge on any atom is 0.317 e. The summed E-state index contributed by atoms with van der Waals surface area (Å²) in [5.41, 5.74) is 3.49. The molecular weight excluding hydrogens is 475 g/mol. The fourth-order valence-electron chi connectivity index (χ4n) is 4.46. The smallest absolute Gasteiger partial charge is 0.317 e. The average molecular weight is 499 g/mol. The lowest BCUT2D eigenvalue weighted by Gasteiger charge is -2.29. The molecule has 3 aromatic carbocycles. The summed E-state index contributed by atoms with van der Waals surface area (Å²) in [6.45, 7) is 2.80. The van der Waals surface area contributed by atoms with E-state index in [1.54, 1.807) is 12.1 Å². The van der Waals surface area contributed by atoms with Crippen molar-refractivity contribution in [1.29, 1.82) is 0 Å². The average Bonchev–Trinajstić information content (AvgIpc) is 3.36. The van der Waals surface area contributed by atoms with E-state index in [2.05, 4.69) is 30.7 Å². The number of carbonyl (C=O) groups is 1. The molecule has 0 radical (unpaired) electrons. The van der Waals surface area contributed by atoms with Crippen molar-refractivity contribution in [2.24, 2.45) is 4.99 Å². The van der Waals surface area contributed by atoms with Crippen LogP contribution >= 0.6 is 0 Å². The number of rotatable bonds is 5. The van der Waals surface area contributed by atoms with E-state index in [0.717, 1.165) is 29.9 Å².